The van der Waals surface area contributed by atoms with E-state index in [9.17, 15) is 4.79 Å². The van der Waals surface area contributed by atoms with Crippen molar-refractivity contribution in [3.63, 3.8) is 0 Å². The molecule has 0 aromatic carbocycles. The van der Waals surface area contributed by atoms with Gasteiger partial charge in [-0.15, -0.1) is 0 Å². The zero-order valence-electron chi connectivity index (χ0n) is 12.7. The molecule has 3 rings (SSSR count). The quantitative estimate of drug-likeness (QED) is 0.832. The van der Waals surface area contributed by atoms with Crippen molar-refractivity contribution >= 4 is 23.0 Å². The van der Waals surface area contributed by atoms with E-state index >= 15 is 0 Å². The fraction of sp³-hybridized carbons (Fsp3) is 0.438. The first kappa shape index (κ1) is 13.8. The molecule has 0 aliphatic heterocycles. The van der Waals surface area contributed by atoms with Gasteiger partial charge < -0.3 is 11.5 Å². The average molecular weight is 284 g/mol. The normalized spacial score (nSPS) is 16.9. The number of carbonyl (C=O) groups is 1. The maximum absolute atomic E-state index is 11.8. The Bertz CT molecular complexity index is 707. The van der Waals surface area contributed by atoms with Crippen LogP contribution in [0.25, 0.3) is 5.57 Å². The van der Waals surface area contributed by atoms with E-state index in [2.05, 4.69) is 4.99 Å². The number of pyridine rings is 1. The number of hydrogen-bond donors (Lipinski definition) is 2. The van der Waals surface area contributed by atoms with Gasteiger partial charge in [-0.3, -0.25) is 4.79 Å². The lowest BCUT2D eigenvalue weighted by atomic mass is 9.97. The van der Waals surface area contributed by atoms with E-state index in [1.54, 1.807) is 0 Å². The Morgan fingerprint density at radius 2 is 2.00 bits per heavy atom. The lowest BCUT2D eigenvalue weighted by molar-refractivity contribution is -0.112. The van der Waals surface area contributed by atoms with E-state index in [1.165, 1.54) is 0 Å². The van der Waals surface area contributed by atoms with Gasteiger partial charge in [0, 0.05) is 29.3 Å². The Hall–Kier alpha value is -2.17. The van der Waals surface area contributed by atoms with Crippen LogP contribution < -0.4 is 11.5 Å². The molecule has 110 valence electrons. The predicted octanol–water partition coefficient (Wildman–Crippen LogP) is 2.09. The molecule has 0 unspecified atom stereocenters. The Kier molecular flexibility index (Phi) is 3.08. The van der Waals surface area contributed by atoms with Gasteiger partial charge in [0.2, 0.25) is 0 Å². The van der Waals surface area contributed by atoms with Crippen LogP contribution in [-0.2, 0) is 11.2 Å². The summed E-state index contributed by atoms with van der Waals surface area (Å²) in [7, 11) is 0. The molecular weight excluding hydrogens is 264 g/mol. The molecule has 2 aliphatic rings. The summed E-state index contributed by atoms with van der Waals surface area (Å²) in [5.74, 6) is 0.692. The van der Waals surface area contributed by atoms with Crippen molar-refractivity contribution in [3.05, 3.63) is 28.1 Å². The van der Waals surface area contributed by atoms with Gasteiger partial charge in [-0.05, 0) is 44.7 Å². The fourth-order valence-electron chi connectivity index (χ4n) is 2.92. The van der Waals surface area contributed by atoms with E-state index in [1.807, 2.05) is 20.8 Å². The number of rotatable bonds is 3. The number of primary amides is 1. The molecule has 1 saturated carbocycles. The molecule has 1 aromatic heterocycles. The van der Waals surface area contributed by atoms with Crippen molar-refractivity contribution in [1.29, 1.82) is 0 Å². The Labute approximate surface area is 124 Å². The van der Waals surface area contributed by atoms with Crippen LogP contribution in [0.5, 0.6) is 0 Å². The van der Waals surface area contributed by atoms with E-state index in [0.717, 1.165) is 46.8 Å². The molecule has 2 aliphatic carbocycles. The molecule has 1 heterocycles. The minimum Gasteiger partial charge on any atom is -0.401 e. The molecule has 0 spiro atoms. The summed E-state index contributed by atoms with van der Waals surface area (Å²) in [5, 5.41) is 0. The van der Waals surface area contributed by atoms with Crippen LogP contribution >= 0.6 is 0 Å². The second-order valence-corrected chi connectivity index (χ2v) is 6.07. The summed E-state index contributed by atoms with van der Waals surface area (Å²) >= 11 is 0. The summed E-state index contributed by atoms with van der Waals surface area (Å²) in [6, 6.07) is 0. The number of fused-ring (bicyclic) bond motifs is 1. The van der Waals surface area contributed by atoms with Gasteiger partial charge in [-0.25, -0.2) is 9.98 Å². The van der Waals surface area contributed by atoms with Gasteiger partial charge in [0.1, 0.15) is 0 Å². The second kappa shape index (κ2) is 4.69. The van der Waals surface area contributed by atoms with Crippen LogP contribution in [0.1, 0.15) is 55.0 Å². The lowest BCUT2D eigenvalue weighted by Crippen LogP contribution is -2.16. The van der Waals surface area contributed by atoms with Gasteiger partial charge >= 0.3 is 0 Å². The summed E-state index contributed by atoms with van der Waals surface area (Å²) in [6.45, 7) is 5.89. The summed E-state index contributed by atoms with van der Waals surface area (Å²) in [6.07, 6.45) is 2.76. The van der Waals surface area contributed by atoms with Crippen LogP contribution in [0.4, 0.5) is 5.82 Å². The van der Waals surface area contributed by atoms with Crippen LogP contribution in [0.2, 0.25) is 0 Å². The highest BCUT2D eigenvalue weighted by Crippen LogP contribution is 2.47. The predicted molar refractivity (Wildman–Crippen MR) is 83.4 cm³/mol. The molecule has 4 N–H and O–H groups in total. The minimum atomic E-state index is -0.461. The van der Waals surface area contributed by atoms with Gasteiger partial charge in [0.15, 0.2) is 5.82 Å². The maximum Gasteiger partial charge on any atom is 0.251 e. The molecule has 1 fully saturated rings. The monoisotopic (exact) mass is 284 g/mol. The van der Waals surface area contributed by atoms with Gasteiger partial charge in [-0.1, -0.05) is 0 Å². The largest absolute Gasteiger partial charge is 0.401 e. The molecule has 1 amide bonds. The number of allylic oxidation sites excluding steroid dienone is 1. The molecule has 0 atom stereocenters. The highest BCUT2D eigenvalue weighted by molar-refractivity contribution is 6.21. The van der Waals surface area contributed by atoms with Gasteiger partial charge in [0.25, 0.3) is 5.91 Å². The Morgan fingerprint density at radius 1 is 1.33 bits per heavy atom. The third kappa shape index (κ3) is 2.22. The average Bonchev–Trinajstić information content (AvgIpc) is 3.14. The first-order chi connectivity index (χ1) is 9.90. The van der Waals surface area contributed by atoms with Crippen LogP contribution in [-0.4, -0.2) is 16.6 Å². The zero-order valence-corrected chi connectivity index (χ0v) is 12.7. The number of aliphatic imine (C=N–C) groups is 1. The van der Waals surface area contributed by atoms with Crippen molar-refractivity contribution < 1.29 is 4.79 Å². The molecule has 0 radical (unpaired) electrons. The first-order valence-corrected chi connectivity index (χ1v) is 7.24. The molecule has 21 heavy (non-hydrogen) atoms. The highest BCUT2D eigenvalue weighted by Gasteiger charge is 2.36. The molecular formula is C16H20N4O. The molecule has 0 bridgehead atoms. The number of hydrogen-bond acceptors (Lipinski definition) is 4. The van der Waals surface area contributed by atoms with Gasteiger partial charge in [-0.2, -0.15) is 0 Å². The maximum atomic E-state index is 11.8. The van der Waals surface area contributed by atoms with Crippen LogP contribution in [0.3, 0.4) is 0 Å². The highest BCUT2D eigenvalue weighted by atomic mass is 16.1. The third-order valence-electron chi connectivity index (χ3n) is 4.05. The number of nitrogens with two attached hydrogens (primary N) is 2. The molecule has 1 aromatic rings. The smallest absolute Gasteiger partial charge is 0.251 e. The molecule has 5 nitrogen and oxygen atoms in total. The second-order valence-electron chi connectivity index (χ2n) is 6.07. The minimum absolute atomic E-state index is 0.408. The van der Waals surface area contributed by atoms with Gasteiger partial charge in [0.05, 0.1) is 11.3 Å². The van der Waals surface area contributed by atoms with E-state index in [0.29, 0.717) is 23.6 Å². The summed E-state index contributed by atoms with van der Waals surface area (Å²) < 4.78 is 0. The van der Waals surface area contributed by atoms with Crippen molar-refractivity contribution in [2.75, 3.05) is 0 Å². The number of amides is 1. The Balaban J connectivity index is 2.27. The number of aromatic nitrogens is 1. The van der Waals surface area contributed by atoms with E-state index < -0.39 is 5.91 Å². The van der Waals surface area contributed by atoms with E-state index in [4.69, 9.17) is 16.5 Å². The zero-order chi connectivity index (χ0) is 15.3. The first-order valence-electron chi connectivity index (χ1n) is 7.24. The molecule has 5 heteroatoms. The summed E-state index contributed by atoms with van der Waals surface area (Å²) in [5.41, 5.74) is 17.5. The third-order valence-corrected chi connectivity index (χ3v) is 4.05. The molecule has 0 saturated heterocycles. The van der Waals surface area contributed by atoms with Crippen molar-refractivity contribution in [2.45, 2.75) is 46.0 Å². The fourth-order valence-corrected chi connectivity index (χ4v) is 2.92. The van der Waals surface area contributed by atoms with Crippen LogP contribution in [0, 0.1) is 6.92 Å². The Morgan fingerprint density at radius 3 is 2.52 bits per heavy atom. The number of carbonyl (C=O) groups excluding carboxylic acids is 1. The van der Waals surface area contributed by atoms with Crippen LogP contribution in [0.15, 0.2) is 10.7 Å². The lowest BCUT2D eigenvalue weighted by Gasteiger charge is -2.14. The van der Waals surface area contributed by atoms with Crippen molar-refractivity contribution in [2.24, 2.45) is 16.5 Å². The van der Waals surface area contributed by atoms with E-state index in [-0.39, 0.29) is 0 Å². The topological polar surface area (TPSA) is 94.4 Å². The van der Waals surface area contributed by atoms with Crippen molar-refractivity contribution in [1.82, 2.24) is 4.98 Å². The number of nitrogens with zero attached hydrogens (tertiary/aromatic N) is 2. The SMILES string of the molecule is CC(C)=Nc1nc(C2CC2)c2c(c1C)CC(N)=C2C(N)=O. The summed E-state index contributed by atoms with van der Waals surface area (Å²) in [4.78, 5) is 21.0. The standard InChI is InChI=1S/C16H20N4O/c1-7(2)19-16-8(3)10-6-11(17)13(15(18)21)12(10)14(20-16)9-4-5-9/h9H,4-6,17H2,1-3H3,(H2,18,21). The van der Waals surface area contributed by atoms with Crippen molar-refractivity contribution in [3.8, 4) is 0 Å².